The van der Waals surface area contributed by atoms with Crippen LogP contribution in [0.15, 0.2) is 36.4 Å². The molecule has 1 aliphatic heterocycles. The fourth-order valence-corrected chi connectivity index (χ4v) is 3.45. The van der Waals surface area contributed by atoms with Crippen LogP contribution in [0.25, 0.3) is 0 Å². The van der Waals surface area contributed by atoms with Crippen molar-refractivity contribution in [3.63, 3.8) is 0 Å². The molecule has 1 saturated heterocycles. The number of anilines is 1. The zero-order chi connectivity index (χ0) is 20.3. The van der Waals surface area contributed by atoms with E-state index in [0.717, 1.165) is 22.4 Å². The summed E-state index contributed by atoms with van der Waals surface area (Å²) in [5.41, 5.74) is 3.92. The molecule has 28 heavy (non-hydrogen) atoms. The fourth-order valence-electron chi connectivity index (χ4n) is 3.45. The van der Waals surface area contributed by atoms with Crippen molar-refractivity contribution in [1.29, 1.82) is 0 Å². The monoisotopic (exact) mass is 382 g/mol. The molecule has 0 bridgehead atoms. The van der Waals surface area contributed by atoms with Gasteiger partial charge in [-0.1, -0.05) is 18.2 Å². The van der Waals surface area contributed by atoms with E-state index < -0.39 is 0 Å². The summed E-state index contributed by atoms with van der Waals surface area (Å²) in [5, 5.41) is 2.93. The number of amides is 2. The highest BCUT2D eigenvalue weighted by molar-refractivity contribution is 6.00. The first-order valence-corrected chi connectivity index (χ1v) is 9.29. The van der Waals surface area contributed by atoms with Crippen LogP contribution in [0.3, 0.4) is 0 Å². The topological polar surface area (TPSA) is 67.9 Å². The molecule has 0 aliphatic carbocycles. The van der Waals surface area contributed by atoms with Crippen molar-refractivity contribution >= 4 is 17.5 Å². The number of aryl methyl sites for hydroxylation is 2. The zero-order valence-electron chi connectivity index (χ0n) is 16.7. The lowest BCUT2D eigenvalue weighted by atomic mass is 10.1. The van der Waals surface area contributed by atoms with E-state index in [2.05, 4.69) is 5.32 Å². The third-order valence-corrected chi connectivity index (χ3v) is 5.07. The molecule has 2 amide bonds. The Kier molecular flexibility index (Phi) is 5.87. The maximum atomic E-state index is 12.6. The molecule has 1 aliphatic rings. The van der Waals surface area contributed by atoms with Gasteiger partial charge in [-0.3, -0.25) is 9.59 Å². The zero-order valence-corrected chi connectivity index (χ0v) is 16.7. The third kappa shape index (κ3) is 4.11. The molecule has 1 unspecified atom stereocenters. The van der Waals surface area contributed by atoms with Gasteiger partial charge in [0.1, 0.15) is 0 Å². The Balaban J connectivity index is 1.64. The van der Waals surface area contributed by atoms with Crippen molar-refractivity contribution in [3.05, 3.63) is 53.1 Å². The smallest absolute Gasteiger partial charge is 0.227 e. The number of benzene rings is 2. The summed E-state index contributed by atoms with van der Waals surface area (Å²) in [6.45, 7) is 4.75. The number of hydrogen-bond donors (Lipinski definition) is 1. The van der Waals surface area contributed by atoms with E-state index in [4.69, 9.17) is 9.47 Å². The van der Waals surface area contributed by atoms with Crippen LogP contribution in [0.2, 0.25) is 0 Å². The SMILES string of the molecule is COc1ccc(CNC(=O)C2CC(=O)N(c3cc(C)ccc3C)C2)cc1OC. The van der Waals surface area contributed by atoms with Crippen LogP contribution in [0.5, 0.6) is 11.5 Å². The quantitative estimate of drug-likeness (QED) is 0.834. The van der Waals surface area contributed by atoms with Gasteiger partial charge in [-0.2, -0.15) is 0 Å². The number of hydrogen-bond acceptors (Lipinski definition) is 4. The molecule has 3 rings (SSSR count). The molecular weight excluding hydrogens is 356 g/mol. The number of carbonyl (C=O) groups excluding carboxylic acids is 2. The largest absolute Gasteiger partial charge is 0.493 e. The molecule has 1 atom stereocenters. The molecule has 1 fully saturated rings. The van der Waals surface area contributed by atoms with E-state index in [0.29, 0.717) is 24.6 Å². The Morgan fingerprint density at radius 1 is 1.11 bits per heavy atom. The van der Waals surface area contributed by atoms with E-state index >= 15 is 0 Å². The van der Waals surface area contributed by atoms with E-state index in [1.54, 1.807) is 19.1 Å². The van der Waals surface area contributed by atoms with Crippen LogP contribution in [0, 0.1) is 19.8 Å². The van der Waals surface area contributed by atoms with Gasteiger partial charge in [0.05, 0.1) is 20.1 Å². The Hall–Kier alpha value is -3.02. The van der Waals surface area contributed by atoms with Gasteiger partial charge in [0, 0.05) is 25.2 Å². The minimum absolute atomic E-state index is 0.0139. The average molecular weight is 382 g/mol. The van der Waals surface area contributed by atoms with E-state index in [1.165, 1.54) is 0 Å². The number of methoxy groups -OCH3 is 2. The number of ether oxygens (including phenoxy) is 2. The molecule has 0 spiro atoms. The Labute approximate surface area is 165 Å². The molecule has 1 heterocycles. The first-order chi connectivity index (χ1) is 13.4. The first-order valence-electron chi connectivity index (χ1n) is 9.29. The van der Waals surface area contributed by atoms with Crippen molar-refractivity contribution < 1.29 is 19.1 Å². The predicted molar refractivity (Wildman–Crippen MR) is 108 cm³/mol. The molecule has 0 aromatic heterocycles. The van der Waals surface area contributed by atoms with Crippen LogP contribution in [0.1, 0.15) is 23.1 Å². The molecule has 1 N–H and O–H groups in total. The van der Waals surface area contributed by atoms with Gasteiger partial charge in [-0.05, 0) is 48.7 Å². The highest BCUT2D eigenvalue weighted by atomic mass is 16.5. The highest BCUT2D eigenvalue weighted by Crippen LogP contribution is 2.30. The minimum atomic E-state index is -0.354. The summed E-state index contributed by atoms with van der Waals surface area (Å²) in [6.07, 6.45) is 0.227. The number of nitrogens with one attached hydrogen (secondary N) is 1. The van der Waals surface area contributed by atoms with Crippen molar-refractivity contribution in [1.82, 2.24) is 5.32 Å². The molecule has 2 aromatic rings. The Morgan fingerprint density at radius 3 is 2.57 bits per heavy atom. The summed E-state index contributed by atoms with van der Waals surface area (Å²) in [4.78, 5) is 26.8. The minimum Gasteiger partial charge on any atom is -0.493 e. The van der Waals surface area contributed by atoms with E-state index in [1.807, 2.05) is 50.2 Å². The summed E-state index contributed by atoms with van der Waals surface area (Å²) in [6, 6.07) is 11.5. The van der Waals surface area contributed by atoms with Crippen molar-refractivity contribution in [2.75, 3.05) is 25.7 Å². The third-order valence-electron chi connectivity index (χ3n) is 5.07. The van der Waals surface area contributed by atoms with Gasteiger partial charge in [-0.15, -0.1) is 0 Å². The van der Waals surface area contributed by atoms with Crippen LogP contribution < -0.4 is 19.7 Å². The van der Waals surface area contributed by atoms with Crippen LogP contribution >= 0.6 is 0 Å². The molecule has 148 valence electrons. The van der Waals surface area contributed by atoms with Crippen molar-refractivity contribution in [3.8, 4) is 11.5 Å². The van der Waals surface area contributed by atoms with E-state index in [-0.39, 0.29) is 24.2 Å². The standard InChI is InChI=1S/C22H26N2O4/c1-14-5-6-15(2)18(9-14)24-13-17(11-21(24)25)22(26)23-12-16-7-8-19(27-3)20(10-16)28-4/h5-10,17H,11-13H2,1-4H3,(H,23,26). The second-order valence-electron chi connectivity index (χ2n) is 7.10. The summed E-state index contributed by atoms with van der Waals surface area (Å²) < 4.78 is 10.5. The van der Waals surface area contributed by atoms with Gasteiger partial charge in [0.15, 0.2) is 11.5 Å². The summed E-state index contributed by atoms with van der Waals surface area (Å²) in [7, 11) is 3.16. The van der Waals surface area contributed by atoms with Crippen molar-refractivity contribution in [2.45, 2.75) is 26.8 Å². The lowest BCUT2D eigenvalue weighted by Gasteiger charge is -2.19. The van der Waals surface area contributed by atoms with Gasteiger partial charge < -0.3 is 19.7 Å². The fraction of sp³-hybridized carbons (Fsp3) is 0.364. The van der Waals surface area contributed by atoms with Crippen molar-refractivity contribution in [2.24, 2.45) is 5.92 Å². The van der Waals surface area contributed by atoms with Gasteiger partial charge >= 0.3 is 0 Å². The second-order valence-corrected chi connectivity index (χ2v) is 7.10. The molecular formula is C22H26N2O4. The average Bonchev–Trinajstić information content (AvgIpc) is 3.09. The van der Waals surface area contributed by atoms with Crippen LogP contribution in [0.4, 0.5) is 5.69 Å². The maximum absolute atomic E-state index is 12.6. The molecule has 6 nitrogen and oxygen atoms in total. The number of nitrogens with zero attached hydrogens (tertiary/aromatic N) is 1. The lowest BCUT2D eigenvalue weighted by Crippen LogP contribution is -2.32. The normalized spacial score (nSPS) is 16.2. The molecule has 6 heteroatoms. The lowest BCUT2D eigenvalue weighted by molar-refractivity contribution is -0.126. The Bertz CT molecular complexity index is 894. The summed E-state index contributed by atoms with van der Waals surface area (Å²) in [5.74, 6) is 0.776. The Morgan fingerprint density at radius 2 is 1.86 bits per heavy atom. The van der Waals surface area contributed by atoms with Crippen LogP contribution in [-0.2, 0) is 16.1 Å². The maximum Gasteiger partial charge on any atom is 0.227 e. The highest BCUT2D eigenvalue weighted by Gasteiger charge is 2.35. The predicted octanol–water partition coefficient (Wildman–Crippen LogP) is 2.99. The van der Waals surface area contributed by atoms with Gasteiger partial charge in [0.2, 0.25) is 11.8 Å². The van der Waals surface area contributed by atoms with Gasteiger partial charge in [0.25, 0.3) is 0 Å². The number of carbonyl (C=O) groups is 2. The van der Waals surface area contributed by atoms with E-state index in [9.17, 15) is 9.59 Å². The summed E-state index contributed by atoms with van der Waals surface area (Å²) >= 11 is 0. The van der Waals surface area contributed by atoms with Gasteiger partial charge in [-0.25, -0.2) is 0 Å². The molecule has 2 aromatic carbocycles. The first kappa shape index (κ1) is 19.7. The van der Waals surface area contributed by atoms with Crippen LogP contribution in [-0.4, -0.2) is 32.6 Å². The number of rotatable bonds is 6. The second kappa shape index (κ2) is 8.33. The molecule has 0 saturated carbocycles. The molecule has 0 radical (unpaired) electrons.